The summed E-state index contributed by atoms with van der Waals surface area (Å²) in [7, 11) is 0. The average Bonchev–Trinajstić information content (AvgIpc) is 2.56. The van der Waals surface area contributed by atoms with Crippen LogP contribution in [0.1, 0.15) is 18.3 Å². The molecular formula is C18H14Cl2N2O2. The number of nitrogens with one attached hydrogen (secondary N) is 1. The fourth-order valence-corrected chi connectivity index (χ4v) is 2.65. The molecule has 1 aromatic heterocycles. The van der Waals surface area contributed by atoms with Gasteiger partial charge in [-0.1, -0.05) is 35.3 Å². The van der Waals surface area contributed by atoms with Gasteiger partial charge in [-0.2, -0.15) is 0 Å². The fourth-order valence-electron chi connectivity index (χ4n) is 2.27. The van der Waals surface area contributed by atoms with Crippen molar-refractivity contribution in [2.45, 2.75) is 6.92 Å². The first-order valence-corrected chi connectivity index (χ1v) is 8.12. The minimum atomic E-state index is -0.259. The molecular weight excluding hydrogens is 347 g/mol. The summed E-state index contributed by atoms with van der Waals surface area (Å²) in [5.74, 6) is 1.09. The molecule has 0 aliphatic rings. The number of hydrogen-bond acceptors (Lipinski definition) is 3. The highest BCUT2D eigenvalue weighted by atomic mass is 35.5. The number of aromatic amines is 1. The number of aromatic nitrogens is 2. The zero-order valence-corrected chi connectivity index (χ0v) is 14.4. The molecule has 0 bridgehead atoms. The van der Waals surface area contributed by atoms with Crippen molar-refractivity contribution in [3.63, 3.8) is 0 Å². The number of ether oxygens (including phenoxy) is 1. The van der Waals surface area contributed by atoms with Gasteiger partial charge in [0.25, 0.3) is 5.56 Å². The predicted molar refractivity (Wildman–Crippen MR) is 98.7 cm³/mol. The van der Waals surface area contributed by atoms with Gasteiger partial charge in [0.2, 0.25) is 0 Å². The van der Waals surface area contributed by atoms with Crippen LogP contribution in [0.15, 0.2) is 47.3 Å². The second kappa shape index (κ2) is 7.07. The van der Waals surface area contributed by atoms with Crippen LogP contribution in [-0.2, 0) is 0 Å². The molecule has 0 amide bonds. The molecule has 24 heavy (non-hydrogen) atoms. The molecule has 4 nitrogen and oxygen atoms in total. The fraction of sp³-hybridized carbons (Fsp3) is 0.111. The van der Waals surface area contributed by atoms with Gasteiger partial charge in [0.15, 0.2) is 5.82 Å². The molecule has 1 N–H and O–H groups in total. The van der Waals surface area contributed by atoms with Crippen LogP contribution in [0.25, 0.3) is 22.0 Å². The van der Waals surface area contributed by atoms with Crippen molar-refractivity contribution < 1.29 is 4.74 Å². The lowest BCUT2D eigenvalue weighted by Gasteiger charge is -2.04. The molecule has 0 radical (unpaired) electrons. The molecule has 0 fully saturated rings. The molecule has 2 aromatic carbocycles. The molecule has 0 aliphatic carbocycles. The van der Waals surface area contributed by atoms with E-state index in [0.717, 1.165) is 11.3 Å². The van der Waals surface area contributed by atoms with Crippen molar-refractivity contribution >= 4 is 45.2 Å². The van der Waals surface area contributed by atoms with Crippen molar-refractivity contribution in [3.8, 4) is 5.75 Å². The van der Waals surface area contributed by atoms with Crippen LogP contribution in [0, 0.1) is 0 Å². The predicted octanol–water partition coefficient (Wildman–Crippen LogP) is 4.71. The minimum absolute atomic E-state index is 0.259. The largest absolute Gasteiger partial charge is 0.494 e. The van der Waals surface area contributed by atoms with E-state index >= 15 is 0 Å². The lowest BCUT2D eigenvalue weighted by molar-refractivity contribution is 0.340. The Bertz CT molecular complexity index is 963. The summed E-state index contributed by atoms with van der Waals surface area (Å²) in [6, 6.07) is 12.4. The van der Waals surface area contributed by atoms with Crippen molar-refractivity contribution in [2.24, 2.45) is 0 Å². The second-order valence-electron chi connectivity index (χ2n) is 5.07. The van der Waals surface area contributed by atoms with Crippen LogP contribution in [0.4, 0.5) is 0 Å². The van der Waals surface area contributed by atoms with Gasteiger partial charge in [0, 0.05) is 5.02 Å². The SMILES string of the molecule is CCOc1ccc(/C=C(\Cl)c2nc3cc(Cl)ccc3c(=O)[nH]2)cc1. The van der Waals surface area contributed by atoms with Crippen molar-refractivity contribution in [1.82, 2.24) is 9.97 Å². The molecule has 1 heterocycles. The van der Waals surface area contributed by atoms with Gasteiger partial charge in [0.1, 0.15) is 5.75 Å². The van der Waals surface area contributed by atoms with Gasteiger partial charge in [-0.25, -0.2) is 4.98 Å². The highest BCUT2D eigenvalue weighted by Crippen LogP contribution is 2.22. The first-order valence-electron chi connectivity index (χ1n) is 7.37. The van der Waals surface area contributed by atoms with E-state index in [1.54, 1.807) is 24.3 Å². The van der Waals surface area contributed by atoms with Gasteiger partial charge in [0.05, 0.1) is 22.5 Å². The number of fused-ring (bicyclic) bond motifs is 1. The quantitative estimate of drug-likeness (QED) is 0.732. The van der Waals surface area contributed by atoms with E-state index in [2.05, 4.69) is 9.97 Å². The van der Waals surface area contributed by atoms with Crippen LogP contribution in [0.2, 0.25) is 5.02 Å². The Kier molecular flexibility index (Phi) is 4.88. The first-order chi connectivity index (χ1) is 11.6. The maximum absolute atomic E-state index is 12.1. The van der Waals surface area contributed by atoms with E-state index in [1.165, 1.54) is 0 Å². The standard InChI is InChI=1S/C18H14Cl2N2O2/c1-2-24-13-6-3-11(4-7-13)9-15(20)17-21-16-10-12(19)5-8-14(16)18(23)22-17/h3-10H,2H2,1H3,(H,21,22,23)/b15-9-. The van der Waals surface area contributed by atoms with E-state index in [9.17, 15) is 4.79 Å². The number of benzene rings is 2. The van der Waals surface area contributed by atoms with Gasteiger partial charge in [-0.05, 0) is 48.9 Å². The third-order valence-corrected chi connectivity index (χ3v) is 3.90. The Morgan fingerprint density at radius 1 is 1.25 bits per heavy atom. The van der Waals surface area contributed by atoms with Crippen LogP contribution in [0.3, 0.4) is 0 Å². The minimum Gasteiger partial charge on any atom is -0.494 e. The van der Waals surface area contributed by atoms with Gasteiger partial charge in [-0.15, -0.1) is 0 Å². The normalized spacial score (nSPS) is 11.7. The zero-order chi connectivity index (χ0) is 17.1. The van der Waals surface area contributed by atoms with Crippen LogP contribution >= 0.6 is 23.2 Å². The maximum Gasteiger partial charge on any atom is 0.259 e. The Hall–Kier alpha value is -2.30. The first kappa shape index (κ1) is 16.6. The van der Waals surface area contributed by atoms with E-state index in [-0.39, 0.29) is 5.56 Å². The second-order valence-corrected chi connectivity index (χ2v) is 5.91. The molecule has 0 saturated heterocycles. The highest BCUT2D eigenvalue weighted by Gasteiger charge is 2.07. The molecule has 0 unspecified atom stereocenters. The summed E-state index contributed by atoms with van der Waals surface area (Å²) in [5, 5.41) is 1.31. The summed E-state index contributed by atoms with van der Waals surface area (Å²) < 4.78 is 5.40. The molecule has 6 heteroatoms. The number of nitrogens with zero attached hydrogens (tertiary/aromatic N) is 1. The molecule has 0 aliphatic heterocycles. The number of halogens is 2. The van der Waals surface area contributed by atoms with E-state index < -0.39 is 0 Å². The van der Waals surface area contributed by atoms with Crippen LogP contribution < -0.4 is 10.3 Å². The number of rotatable bonds is 4. The monoisotopic (exact) mass is 360 g/mol. The topological polar surface area (TPSA) is 55.0 Å². The maximum atomic E-state index is 12.1. The summed E-state index contributed by atoms with van der Waals surface area (Å²) in [6.07, 6.45) is 1.73. The van der Waals surface area contributed by atoms with Gasteiger partial charge < -0.3 is 9.72 Å². The van der Waals surface area contributed by atoms with Crippen molar-refractivity contribution in [2.75, 3.05) is 6.61 Å². The third kappa shape index (κ3) is 3.61. The van der Waals surface area contributed by atoms with E-state index in [0.29, 0.717) is 33.4 Å². The summed E-state index contributed by atoms with van der Waals surface area (Å²) >= 11 is 12.3. The summed E-state index contributed by atoms with van der Waals surface area (Å²) in [4.78, 5) is 19.2. The van der Waals surface area contributed by atoms with Crippen LogP contribution in [-0.4, -0.2) is 16.6 Å². The Morgan fingerprint density at radius 2 is 2.00 bits per heavy atom. The molecule has 0 saturated carbocycles. The average molecular weight is 361 g/mol. The number of hydrogen-bond donors (Lipinski definition) is 1. The smallest absolute Gasteiger partial charge is 0.259 e. The third-order valence-electron chi connectivity index (χ3n) is 3.38. The lowest BCUT2D eigenvalue weighted by atomic mass is 10.2. The lowest BCUT2D eigenvalue weighted by Crippen LogP contribution is -2.10. The zero-order valence-electron chi connectivity index (χ0n) is 12.8. The summed E-state index contributed by atoms with van der Waals surface area (Å²) in [6.45, 7) is 2.54. The summed E-state index contributed by atoms with van der Waals surface area (Å²) in [5.41, 5.74) is 1.11. The number of H-pyrrole nitrogens is 1. The Labute approximate surface area is 148 Å². The van der Waals surface area contributed by atoms with E-state index in [4.69, 9.17) is 27.9 Å². The molecule has 0 spiro atoms. The van der Waals surface area contributed by atoms with Crippen molar-refractivity contribution in [3.05, 3.63) is 69.2 Å². The molecule has 3 rings (SSSR count). The Morgan fingerprint density at radius 3 is 2.71 bits per heavy atom. The van der Waals surface area contributed by atoms with Crippen LogP contribution in [0.5, 0.6) is 5.75 Å². The highest BCUT2D eigenvalue weighted by molar-refractivity contribution is 6.50. The Balaban J connectivity index is 1.98. The van der Waals surface area contributed by atoms with Crippen molar-refractivity contribution in [1.29, 1.82) is 0 Å². The molecule has 3 aromatic rings. The molecule has 0 atom stereocenters. The van der Waals surface area contributed by atoms with Gasteiger partial charge >= 0.3 is 0 Å². The van der Waals surface area contributed by atoms with E-state index in [1.807, 2.05) is 31.2 Å². The van der Waals surface area contributed by atoms with Gasteiger partial charge in [-0.3, -0.25) is 4.79 Å². The molecule has 122 valence electrons.